The summed E-state index contributed by atoms with van der Waals surface area (Å²) < 4.78 is 52.4. The molecular weight excluding hydrogens is 964 g/mol. The molecule has 2 aliphatic heterocycles. The van der Waals surface area contributed by atoms with E-state index in [1.54, 1.807) is 42.7 Å². The van der Waals surface area contributed by atoms with E-state index in [0.29, 0.717) is 59.8 Å². The van der Waals surface area contributed by atoms with Crippen molar-refractivity contribution in [3.05, 3.63) is 93.9 Å². The summed E-state index contributed by atoms with van der Waals surface area (Å²) >= 11 is 1.56. The summed E-state index contributed by atoms with van der Waals surface area (Å²) in [7, 11) is 1.58. The Kier molecular flexibility index (Phi) is 17.0. The number of nitrogen functional groups attached to an aromatic ring is 1. The Morgan fingerprint density at radius 2 is 1.66 bits per heavy atom. The summed E-state index contributed by atoms with van der Waals surface area (Å²) in [5.41, 5.74) is 10.8. The van der Waals surface area contributed by atoms with Gasteiger partial charge in [0.1, 0.15) is 36.1 Å². The average Bonchev–Trinajstić information content (AvgIpc) is 3.96. The summed E-state index contributed by atoms with van der Waals surface area (Å²) in [6.45, 7) is 13.6. The molecule has 20 heteroatoms. The lowest BCUT2D eigenvalue weighted by atomic mass is 9.85. The lowest BCUT2D eigenvalue weighted by Gasteiger charge is -2.35. The number of hydrogen-bond donors (Lipinski definition) is 5. The van der Waals surface area contributed by atoms with Crippen molar-refractivity contribution < 1.29 is 46.9 Å². The third-order valence-corrected chi connectivity index (χ3v) is 14.6. The molecule has 5 atom stereocenters. The predicted octanol–water partition coefficient (Wildman–Crippen LogP) is 8.03. The molecule has 0 aliphatic carbocycles. The quantitative estimate of drug-likeness (QED) is 0.0442. The Labute approximate surface area is 427 Å². The number of alkyl halides is 3. The van der Waals surface area contributed by atoms with Crippen LogP contribution in [0.3, 0.4) is 0 Å². The first-order chi connectivity index (χ1) is 34.5. The molecule has 73 heavy (non-hydrogen) atoms. The molecular formula is C53H66F3N9O7S. The standard InChI is InChI=1S/C53H66F3N9O7S/c1-29(33-11-13-35(14-12-33)47-31(3)58-28-73-47)60-50(69)43-23-39(66)26-65(43)51(70)48(52(5,6)7)63-45(67)10-9-19-72-27-46(68)64-17-15-34(16-18-64)40-24-41-42(25-44(40)71-8)61-32(4)62-49(41)59-30(2)36-20-37(53(54,55)56)22-38(57)21-36/h11-14,20-22,24-25,28-30,34,39,43,48,66H,9-10,15-19,23,26-27,57H2,1-8H3,(H,60,69)(H,63,67)(H,59,61,62)/t29-,30+,39+,43-,48+/m0/s1. The van der Waals surface area contributed by atoms with Crippen LogP contribution in [0.2, 0.25) is 0 Å². The lowest BCUT2D eigenvalue weighted by Crippen LogP contribution is -2.57. The van der Waals surface area contributed by atoms with Gasteiger partial charge >= 0.3 is 6.18 Å². The van der Waals surface area contributed by atoms with E-state index in [2.05, 4.69) is 30.9 Å². The second-order valence-corrected chi connectivity index (χ2v) is 21.0. The average molecular weight is 1030 g/mol. The fraction of sp³-hybridized carbons (Fsp3) is 0.491. The van der Waals surface area contributed by atoms with Crippen molar-refractivity contribution in [1.29, 1.82) is 0 Å². The molecule has 2 aliphatic rings. The van der Waals surface area contributed by atoms with Crippen LogP contribution in [0, 0.1) is 19.3 Å². The maximum Gasteiger partial charge on any atom is 0.416 e. The molecule has 7 rings (SSSR count). The van der Waals surface area contributed by atoms with Crippen LogP contribution >= 0.6 is 11.3 Å². The first-order valence-electron chi connectivity index (χ1n) is 24.5. The first kappa shape index (κ1) is 54.4. The maximum absolute atomic E-state index is 14.2. The van der Waals surface area contributed by atoms with Crippen LogP contribution < -0.4 is 26.4 Å². The topological polar surface area (TPSA) is 214 Å². The van der Waals surface area contributed by atoms with Crippen molar-refractivity contribution in [3.8, 4) is 16.2 Å². The number of methoxy groups -OCH3 is 1. The number of anilines is 2. The number of nitrogens with one attached hydrogen (secondary N) is 3. The van der Waals surface area contributed by atoms with Gasteiger partial charge in [0.2, 0.25) is 23.6 Å². The number of nitrogens with zero attached hydrogens (tertiary/aromatic N) is 5. The van der Waals surface area contributed by atoms with Crippen LogP contribution in [0.15, 0.2) is 60.1 Å². The highest BCUT2D eigenvalue weighted by Gasteiger charge is 2.45. The van der Waals surface area contributed by atoms with Crippen molar-refractivity contribution in [2.75, 3.05) is 51.0 Å². The molecule has 392 valence electrons. The second kappa shape index (κ2) is 22.8. The number of fused-ring (bicyclic) bond motifs is 1. The molecule has 3 aromatic carbocycles. The van der Waals surface area contributed by atoms with E-state index < -0.39 is 53.2 Å². The number of halogens is 3. The van der Waals surface area contributed by atoms with Crippen molar-refractivity contribution in [2.24, 2.45) is 5.41 Å². The molecule has 0 saturated carbocycles. The van der Waals surface area contributed by atoms with E-state index in [1.165, 1.54) is 11.0 Å². The van der Waals surface area contributed by atoms with Gasteiger partial charge < -0.3 is 46.1 Å². The molecule has 6 N–H and O–H groups in total. The number of ether oxygens (including phenoxy) is 2. The fourth-order valence-electron chi connectivity index (χ4n) is 9.55. The smallest absolute Gasteiger partial charge is 0.416 e. The molecule has 4 amide bonds. The number of thiazole rings is 1. The normalized spacial score (nSPS) is 17.8. The Bertz CT molecular complexity index is 2790. The van der Waals surface area contributed by atoms with Crippen LogP contribution in [0.4, 0.5) is 24.7 Å². The summed E-state index contributed by atoms with van der Waals surface area (Å²) in [4.78, 5) is 72.2. The molecule has 16 nitrogen and oxygen atoms in total. The SMILES string of the molecule is COc1cc2nc(C)nc(N[C@H](C)c3cc(N)cc(C(F)(F)F)c3)c2cc1C1CCN(C(=O)COCCCC(=O)N[C@H](C(=O)N2C[C@H](O)C[C@H]2C(=O)N[C@@H](C)c2ccc(-c3scnc3C)cc2)C(C)(C)C)CC1. The van der Waals surface area contributed by atoms with E-state index in [-0.39, 0.29) is 68.5 Å². The maximum atomic E-state index is 14.2. The van der Waals surface area contributed by atoms with Gasteiger partial charge in [-0.25, -0.2) is 15.0 Å². The number of aliphatic hydroxyl groups is 1. The van der Waals surface area contributed by atoms with Gasteiger partial charge in [-0.05, 0) is 105 Å². The van der Waals surface area contributed by atoms with E-state index >= 15 is 0 Å². The lowest BCUT2D eigenvalue weighted by molar-refractivity contribution is -0.144. The number of piperidine rings is 1. The number of aryl methyl sites for hydroxylation is 2. The van der Waals surface area contributed by atoms with E-state index in [0.717, 1.165) is 39.4 Å². The highest BCUT2D eigenvalue weighted by molar-refractivity contribution is 7.13. The fourth-order valence-corrected chi connectivity index (χ4v) is 10.4. The molecule has 2 fully saturated rings. The van der Waals surface area contributed by atoms with E-state index in [1.807, 2.05) is 71.0 Å². The van der Waals surface area contributed by atoms with E-state index in [9.17, 15) is 37.5 Å². The van der Waals surface area contributed by atoms with Gasteiger partial charge in [0.15, 0.2) is 0 Å². The monoisotopic (exact) mass is 1030 g/mol. The van der Waals surface area contributed by atoms with Crippen LogP contribution in [-0.2, 0) is 30.1 Å². The van der Waals surface area contributed by atoms with Gasteiger partial charge in [-0.3, -0.25) is 19.2 Å². The van der Waals surface area contributed by atoms with Gasteiger partial charge in [-0.1, -0.05) is 45.0 Å². The van der Waals surface area contributed by atoms with Gasteiger partial charge in [0, 0.05) is 56.2 Å². The number of rotatable bonds is 17. The zero-order valence-electron chi connectivity index (χ0n) is 42.6. The van der Waals surface area contributed by atoms with Gasteiger partial charge in [-0.2, -0.15) is 13.2 Å². The predicted molar refractivity (Wildman–Crippen MR) is 274 cm³/mol. The largest absolute Gasteiger partial charge is 0.496 e. The second-order valence-electron chi connectivity index (χ2n) is 20.2. The van der Waals surface area contributed by atoms with Crippen molar-refractivity contribution in [2.45, 2.75) is 123 Å². The summed E-state index contributed by atoms with van der Waals surface area (Å²) in [6, 6.07) is 12.2. The number of likely N-dealkylation sites (tertiary alicyclic amines) is 2. The number of amides is 4. The Morgan fingerprint density at radius 3 is 2.30 bits per heavy atom. The third kappa shape index (κ3) is 13.2. The minimum atomic E-state index is -4.56. The number of carbonyl (C=O) groups excluding carboxylic acids is 4. The third-order valence-electron chi connectivity index (χ3n) is 13.6. The van der Waals surface area contributed by atoms with Crippen LogP contribution in [0.25, 0.3) is 21.3 Å². The zero-order valence-corrected chi connectivity index (χ0v) is 43.4. The number of aliphatic hydroxyl groups excluding tert-OH is 1. The molecule has 5 aromatic rings. The first-order valence-corrected chi connectivity index (χ1v) is 25.4. The molecule has 0 radical (unpaired) electrons. The number of benzene rings is 3. The summed E-state index contributed by atoms with van der Waals surface area (Å²) in [5.74, 6) is 0.115. The molecule has 2 aromatic heterocycles. The van der Waals surface area contributed by atoms with Crippen LogP contribution in [-0.4, -0.2) is 112 Å². The molecule has 0 spiro atoms. The Balaban J connectivity index is 0.883. The number of hydrogen-bond acceptors (Lipinski definition) is 13. The summed E-state index contributed by atoms with van der Waals surface area (Å²) in [5, 5.41) is 20.5. The minimum absolute atomic E-state index is 0.000804. The summed E-state index contributed by atoms with van der Waals surface area (Å²) in [6.07, 6.45) is -3.83. The van der Waals surface area contributed by atoms with Crippen molar-refractivity contribution in [3.63, 3.8) is 0 Å². The zero-order chi connectivity index (χ0) is 52.9. The number of aromatic nitrogens is 3. The van der Waals surface area contributed by atoms with Crippen LogP contribution in [0.1, 0.15) is 118 Å². The van der Waals surface area contributed by atoms with Gasteiger partial charge in [0.25, 0.3) is 0 Å². The van der Waals surface area contributed by atoms with Gasteiger partial charge in [0.05, 0.1) is 52.5 Å². The molecule has 0 bridgehead atoms. The van der Waals surface area contributed by atoms with Crippen LogP contribution in [0.5, 0.6) is 5.75 Å². The Hall–Kier alpha value is -6.38. The van der Waals surface area contributed by atoms with Crippen molar-refractivity contribution >= 4 is 57.4 Å². The minimum Gasteiger partial charge on any atom is -0.496 e. The van der Waals surface area contributed by atoms with Crippen molar-refractivity contribution in [1.82, 2.24) is 35.4 Å². The Morgan fingerprint density at radius 1 is 0.945 bits per heavy atom. The van der Waals surface area contributed by atoms with E-state index in [4.69, 9.17) is 15.2 Å². The highest BCUT2D eigenvalue weighted by atomic mass is 32.1. The number of carbonyl (C=O) groups is 4. The molecule has 4 heterocycles. The van der Waals surface area contributed by atoms with Gasteiger partial charge in [-0.15, -0.1) is 11.3 Å². The molecule has 2 saturated heterocycles. The highest BCUT2D eigenvalue weighted by Crippen LogP contribution is 2.40. The molecule has 0 unspecified atom stereocenters. The number of nitrogens with two attached hydrogens (primary N) is 1. The number of β-amino-alcohol motifs (C(OH)–C–C–N with tert-alkyl or cyclic N) is 1.